The van der Waals surface area contributed by atoms with Crippen molar-refractivity contribution in [3.63, 3.8) is 0 Å². The molecule has 2 saturated heterocycles. The van der Waals surface area contributed by atoms with Gasteiger partial charge in [-0.3, -0.25) is 14.4 Å². The molecule has 2 aliphatic heterocycles. The topological polar surface area (TPSA) is 148 Å². The fourth-order valence-electron chi connectivity index (χ4n) is 3.80. The van der Waals surface area contributed by atoms with Crippen LogP contribution in [0.5, 0.6) is 0 Å². The highest BCUT2D eigenvalue weighted by molar-refractivity contribution is 5.94. The molecule has 5 unspecified atom stereocenters. The van der Waals surface area contributed by atoms with Gasteiger partial charge in [-0.15, -0.1) is 0 Å². The first-order valence-corrected chi connectivity index (χ1v) is 10.3. The van der Waals surface area contributed by atoms with E-state index in [1.54, 1.807) is 6.92 Å². The number of likely N-dealkylation sites (tertiary alicyclic amines) is 1. The maximum atomic E-state index is 12.7. The highest BCUT2D eigenvalue weighted by atomic mass is 16.4. The maximum Gasteiger partial charge on any atom is 0.326 e. The van der Waals surface area contributed by atoms with Crippen LogP contribution in [-0.4, -0.2) is 82.7 Å². The molecule has 10 heteroatoms. The van der Waals surface area contributed by atoms with Crippen molar-refractivity contribution in [3.05, 3.63) is 0 Å². The number of amides is 3. The molecule has 2 aliphatic rings. The molecule has 3 amide bonds. The van der Waals surface area contributed by atoms with E-state index >= 15 is 0 Å². The summed E-state index contributed by atoms with van der Waals surface area (Å²) in [6.45, 7) is 4.08. The van der Waals surface area contributed by atoms with E-state index in [-0.39, 0.29) is 17.9 Å². The highest BCUT2D eigenvalue weighted by Crippen LogP contribution is 2.21. The second-order valence-electron chi connectivity index (χ2n) is 7.79. The highest BCUT2D eigenvalue weighted by Gasteiger charge is 2.39. The molecule has 0 aromatic rings. The molecular weight excluding hydrogens is 380 g/mol. The van der Waals surface area contributed by atoms with Gasteiger partial charge in [0.25, 0.3) is 0 Å². The van der Waals surface area contributed by atoms with Gasteiger partial charge in [0.1, 0.15) is 18.1 Å². The minimum Gasteiger partial charge on any atom is -0.480 e. The number of nitrogens with zero attached hydrogens (tertiary/aromatic N) is 1. The summed E-state index contributed by atoms with van der Waals surface area (Å²) in [6.07, 6.45) is 3.35. The first-order valence-electron chi connectivity index (χ1n) is 10.3. The van der Waals surface area contributed by atoms with Crippen LogP contribution in [0.25, 0.3) is 0 Å². The van der Waals surface area contributed by atoms with Crippen LogP contribution in [0.2, 0.25) is 0 Å². The minimum absolute atomic E-state index is 0.118. The number of rotatable bonds is 9. The van der Waals surface area contributed by atoms with Crippen LogP contribution in [-0.2, 0) is 19.2 Å². The number of aliphatic hydroxyl groups excluding tert-OH is 1. The first kappa shape index (κ1) is 23.1. The Balaban J connectivity index is 1.99. The number of carbonyl (C=O) groups excluding carboxylic acids is 3. The van der Waals surface area contributed by atoms with E-state index in [0.717, 1.165) is 19.4 Å². The van der Waals surface area contributed by atoms with Crippen molar-refractivity contribution in [1.82, 2.24) is 20.9 Å². The predicted molar refractivity (Wildman–Crippen MR) is 104 cm³/mol. The van der Waals surface area contributed by atoms with Crippen LogP contribution < -0.4 is 16.0 Å². The second kappa shape index (κ2) is 10.5. The average Bonchev–Trinajstić information content (AvgIpc) is 3.40. The predicted octanol–water partition coefficient (Wildman–Crippen LogP) is -1.18. The molecule has 0 radical (unpaired) electrons. The Bertz CT molecular complexity index is 622. The summed E-state index contributed by atoms with van der Waals surface area (Å²) in [7, 11) is 0. The third kappa shape index (κ3) is 5.66. The summed E-state index contributed by atoms with van der Waals surface area (Å²) in [6, 6.07) is -3.38. The van der Waals surface area contributed by atoms with Crippen molar-refractivity contribution < 1.29 is 29.4 Å². The summed E-state index contributed by atoms with van der Waals surface area (Å²) < 4.78 is 0. The van der Waals surface area contributed by atoms with Gasteiger partial charge in [0.05, 0.1) is 12.6 Å². The number of aliphatic carboxylic acids is 1. The molecule has 10 nitrogen and oxygen atoms in total. The van der Waals surface area contributed by atoms with E-state index in [1.807, 2.05) is 6.92 Å². The van der Waals surface area contributed by atoms with Gasteiger partial charge in [0.2, 0.25) is 17.7 Å². The maximum absolute atomic E-state index is 12.7. The zero-order valence-electron chi connectivity index (χ0n) is 17.0. The SMILES string of the molecule is CCC(C)C(NC(=O)C(CO)NC(=O)C1CCCN1C(=O)C1CCCN1)C(=O)O. The number of carboxylic acid groups (broad SMARTS) is 1. The van der Waals surface area contributed by atoms with Gasteiger partial charge in [-0.2, -0.15) is 0 Å². The van der Waals surface area contributed by atoms with Crippen LogP contribution in [0, 0.1) is 5.92 Å². The zero-order valence-corrected chi connectivity index (χ0v) is 17.0. The lowest BCUT2D eigenvalue weighted by Crippen LogP contribution is -2.58. The van der Waals surface area contributed by atoms with E-state index in [2.05, 4.69) is 16.0 Å². The lowest BCUT2D eigenvalue weighted by atomic mass is 9.99. The van der Waals surface area contributed by atoms with Crippen molar-refractivity contribution in [2.75, 3.05) is 19.7 Å². The van der Waals surface area contributed by atoms with E-state index in [9.17, 15) is 29.4 Å². The van der Waals surface area contributed by atoms with Gasteiger partial charge in [-0.1, -0.05) is 20.3 Å². The van der Waals surface area contributed by atoms with Crippen LogP contribution >= 0.6 is 0 Å². The fraction of sp³-hybridized carbons (Fsp3) is 0.789. The Hall–Kier alpha value is -2.20. The van der Waals surface area contributed by atoms with Gasteiger partial charge in [-0.25, -0.2) is 4.79 Å². The molecule has 5 atom stereocenters. The summed E-state index contributed by atoms with van der Waals surface area (Å²) in [5.74, 6) is -2.88. The summed E-state index contributed by atoms with van der Waals surface area (Å²) in [5, 5.41) is 26.9. The molecule has 0 aromatic carbocycles. The fourth-order valence-corrected chi connectivity index (χ4v) is 3.80. The van der Waals surface area contributed by atoms with Crippen molar-refractivity contribution >= 4 is 23.7 Å². The molecule has 2 rings (SSSR count). The Labute approximate surface area is 170 Å². The lowest BCUT2D eigenvalue weighted by molar-refractivity contribution is -0.144. The van der Waals surface area contributed by atoms with Crippen molar-refractivity contribution in [2.45, 2.75) is 70.1 Å². The quantitative estimate of drug-likeness (QED) is 0.320. The standard InChI is InChI=1S/C19H32N4O6/c1-3-11(2)15(19(28)29)22-16(25)13(10-24)21-17(26)14-7-5-9-23(14)18(27)12-6-4-8-20-12/h11-15,20,24H,3-10H2,1-2H3,(H,21,26)(H,22,25)(H,28,29). The Morgan fingerprint density at radius 1 is 1.17 bits per heavy atom. The second-order valence-corrected chi connectivity index (χ2v) is 7.79. The van der Waals surface area contributed by atoms with E-state index in [0.29, 0.717) is 25.8 Å². The van der Waals surface area contributed by atoms with Crippen LogP contribution in [0.15, 0.2) is 0 Å². The number of aliphatic hydroxyl groups is 1. The molecule has 0 saturated carbocycles. The third-order valence-corrected chi connectivity index (χ3v) is 5.79. The molecule has 2 heterocycles. The number of carbonyl (C=O) groups is 4. The van der Waals surface area contributed by atoms with Crippen LogP contribution in [0.3, 0.4) is 0 Å². The monoisotopic (exact) mass is 412 g/mol. The molecule has 0 aliphatic carbocycles. The van der Waals surface area contributed by atoms with E-state index < -0.39 is 42.5 Å². The van der Waals surface area contributed by atoms with E-state index in [4.69, 9.17) is 0 Å². The van der Waals surface area contributed by atoms with Gasteiger partial charge in [0, 0.05) is 6.54 Å². The van der Waals surface area contributed by atoms with Gasteiger partial charge in [-0.05, 0) is 38.1 Å². The Morgan fingerprint density at radius 3 is 2.45 bits per heavy atom. The third-order valence-electron chi connectivity index (χ3n) is 5.79. The molecule has 164 valence electrons. The van der Waals surface area contributed by atoms with Crippen LogP contribution in [0.4, 0.5) is 0 Å². The molecular formula is C19H32N4O6. The van der Waals surface area contributed by atoms with Crippen molar-refractivity contribution in [2.24, 2.45) is 5.92 Å². The van der Waals surface area contributed by atoms with E-state index in [1.165, 1.54) is 4.90 Å². The largest absolute Gasteiger partial charge is 0.480 e. The molecule has 2 fully saturated rings. The smallest absolute Gasteiger partial charge is 0.326 e. The van der Waals surface area contributed by atoms with Gasteiger partial charge >= 0.3 is 5.97 Å². The van der Waals surface area contributed by atoms with Crippen LogP contribution in [0.1, 0.15) is 46.0 Å². The summed E-state index contributed by atoms with van der Waals surface area (Å²) in [5.41, 5.74) is 0. The van der Waals surface area contributed by atoms with Gasteiger partial charge in [0.15, 0.2) is 0 Å². The summed E-state index contributed by atoms with van der Waals surface area (Å²) in [4.78, 5) is 50.8. The number of hydrogen-bond acceptors (Lipinski definition) is 6. The number of nitrogens with one attached hydrogen (secondary N) is 3. The number of hydrogen-bond donors (Lipinski definition) is 5. The molecule has 29 heavy (non-hydrogen) atoms. The van der Waals surface area contributed by atoms with Crippen molar-refractivity contribution in [1.29, 1.82) is 0 Å². The molecule has 0 aromatic heterocycles. The number of carboxylic acids is 1. The Kier molecular flexibility index (Phi) is 8.39. The summed E-state index contributed by atoms with van der Waals surface area (Å²) >= 11 is 0. The van der Waals surface area contributed by atoms with Gasteiger partial charge < -0.3 is 31.1 Å². The zero-order chi connectivity index (χ0) is 21.6. The normalized spacial score (nSPS) is 24.6. The minimum atomic E-state index is -1.28. The first-order chi connectivity index (χ1) is 13.8. The molecule has 0 bridgehead atoms. The average molecular weight is 412 g/mol. The lowest BCUT2D eigenvalue weighted by Gasteiger charge is -2.28. The molecule has 5 N–H and O–H groups in total. The van der Waals surface area contributed by atoms with Crippen molar-refractivity contribution in [3.8, 4) is 0 Å². The Morgan fingerprint density at radius 2 is 1.90 bits per heavy atom. The molecule has 0 spiro atoms.